The van der Waals surface area contributed by atoms with E-state index in [2.05, 4.69) is 63.7 Å². The Morgan fingerprint density at radius 1 is 0.390 bits per heavy atom. The van der Waals surface area contributed by atoms with Crippen LogP contribution < -0.4 is 0 Å². The Morgan fingerprint density at radius 2 is 0.927 bits per heavy atom. The van der Waals surface area contributed by atoms with E-state index in [9.17, 15) is 0 Å². The molecule has 6 heteroatoms. The third kappa shape index (κ3) is 4.90. The fourth-order valence-corrected chi connectivity index (χ4v) is 4.86. The van der Waals surface area contributed by atoms with Crippen LogP contribution in [0.15, 0.2) is 146 Å². The molecule has 3 aromatic carbocycles. The number of aromatic nitrogens is 6. The molecule has 4 aromatic heterocycles. The van der Waals surface area contributed by atoms with Crippen molar-refractivity contribution >= 4 is 0 Å². The maximum atomic E-state index is 5.05. The van der Waals surface area contributed by atoms with Crippen LogP contribution in [0.5, 0.6) is 0 Å². The van der Waals surface area contributed by atoms with E-state index in [0.29, 0.717) is 17.3 Å². The molecule has 0 aliphatic rings. The van der Waals surface area contributed by atoms with Gasteiger partial charge < -0.3 is 0 Å². The summed E-state index contributed by atoms with van der Waals surface area (Å²) in [6.45, 7) is 0. The van der Waals surface area contributed by atoms with Crippen LogP contribution in [0, 0.1) is 0 Å². The van der Waals surface area contributed by atoms with Crippen molar-refractivity contribution in [3.8, 4) is 62.5 Å². The number of para-hydroxylation sites is 1. The van der Waals surface area contributed by atoms with E-state index < -0.39 is 0 Å². The van der Waals surface area contributed by atoms with Gasteiger partial charge >= 0.3 is 0 Å². The minimum absolute atomic E-state index is 0.627. The Kier molecular flexibility index (Phi) is 6.39. The highest BCUT2D eigenvalue weighted by Crippen LogP contribution is 2.30. The normalized spacial score (nSPS) is 10.9. The number of benzene rings is 3. The topological polar surface area (TPSA) is 69.4 Å². The van der Waals surface area contributed by atoms with Gasteiger partial charge in [-0.15, -0.1) is 10.2 Å². The first-order valence-corrected chi connectivity index (χ1v) is 13.4. The third-order valence-electron chi connectivity index (χ3n) is 6.83. The average Bonchev–Trinajstić information content (AvgIpc) is 3.52. The Morgan fingerprint density at radius 3 is 1.63 bits per heavy atom. The molecule has 0 saturated heterocycles. The predicted octanol–water partition coefficient (Wildman–Crippen LogP) is 7.79. The molecule has 0 amide bonds. The SMILES string of the molecule is c1ccc(-c2cccc(-c3cccc(-c4nnc(-c5cccc(-c6ccccn6)n5)n4-c4ccccc4)n3)c2)cc1. The zero-order valence-corrected chi connectivity index (χ0v) is 22.0. The highest BCUT2D eigenvalue weighted by atomic mass is 15.3. The van der Waals surface area contributed by atoms with Crippen LogP contribution in [0.1, 0.15) is 0 Å². The van der Waals surface area contributed by atoms with Crippen molar-refractivity contribution in [2.75, 3.05) is 0 Å². The summed E-state index contributed by atoms with van der Waals surface area (Å²) < 4.78 is 2.01. The van der Waals surface area contributed by atoms with E-state index in [1.807, 2.05) is 95.6 Å². The van der Waals surface area contributed by atoms with Crippen molar-refractivity contribution in [2.24, 2.45) is 0 Å². The van der Waals surface area contributed by atoms with Gasteiger partial charge in [-0.1, -0.05) is 84.9 Å². The first-order chi connectivity index (χ1) is 20.3. The van der Waals surface area contributed by atoms with Crippen molar-refractivity contribution in [3.63, 3.8) is 0 Å². The molecule has 0 saturated carbocycles. The van der Waals surface area contributed by atoms with Crippen LogP contribution in [-0.4, -0.2) is 29.7 Å². The quantitative estimate of drug-likeness (QED) is 0.220. The van der Waals surface area contributed by atoms with Crippen LogP contribution in [0.4, 0.5) is 0 Å². The van der Waals surface area contributed by atoms with Gasteiger partial charge in [0.05, 0.1) is 17.1 Å². The van der Waals surface area contributed by atoms with Crippen molar-refractivity contribution in [2.45, 2.75) is 0 Å². The third-order valence-corrected chi connectivity index (χ3v) is 6.83. The number of nitrogens with zero attached hydrogens (tertiary/aromatic N) is 6. The molecule has 0 aliphatic carbocycles. The van der Waals surface area contributed by atoms with E-state index >= 15 is 0 Å². The molecule has 7 aromatic rings. The van der Waals surface area contributed by atoms with E-state index in [1.165, 1.54) is 5.56 Å². The highest BCUT2D eigenvalue weighted by molar-refractivity contribution is 5.73. The first-order valence-electron chi connectivity index (χ1n) is 13.4. The summed E-state index contributed by atoms with van der Waals surface area (Å²) >= 11 is 0. The van der Waals surface area contributed by atoms with Gasteiger partial charge in [-0.05, 0) is 65.7 Å². The second-order valence-electron chi connectivity index (χ2n) is 9.50. The maximum absolute atomic E-state index is 5.05. The molecular weight excluding hydrogens is 504 g/mol. The molecule has 0 fully saturated rings. The van der Waals surface area contributed by atoms with Gasteiger partial charge in [-0.2, -0.15) is 0 Å². The Bertz CT molecular complexity index is 1930. The molecule has 194 valence electrons. The molecule has 0 spiro atoms. The van der Waals surface area contributed by atoms with Crippen LogP contribution >= 0.6 is 0 Å². The molecular formula is C35H24N6. The number of hydrogen-bond donors (Lipinski definition) is 0. The standard InChI is InChI=1S/C35H24N6/c1-3-12-25(13-4-1)26-14-9-15-27(24-26)29-19-10-21-32(37-29)34-39-40-35(41(34)28-16-5-2-6-17-28)33-22-11-20-31(38-33)30-18-7-8-23-36-30/h1-24H. The first kappa shape index (κ1) is 24.3. The molecule has 0 N–H and O–H groups in total. The number of pyridine rings is 3. The lowest BCUT2D eigenvalue weighted by molar-refractivity contribution is 1.05. The van der Waals surface area contributed by atoms with Crippen LogP contribution in [0.2, 0.25) is 0 Å². The average molecular weight is 529 g/mol. The molecule has 0 aliphatic heterocycles. The largest absolute Gasteiger partial charge is 0.272 e. The van der Waals surface area contributed by atoms with Gasteiger partial charge in [0, 0.05) is 17.4 Å². The van der Waals surface area contributed by atoms with Gasteiger partial charge in [0.2, 0.25) is 0 Å². The molecule has 0 atom stereocenters. The molecule has 0 bridgehead atoms. The summed E-state index contributed by atoms with van der Waals surface area (Å²) in [6, 6.07) is 46.5. The molecule has 7 rings (SSSR count). The van der Waals surface area contributed by atoms with Gasteiger partial charge in [-0.3, -0.25) is 9.55 Å². The summed E-state index contributed by atoms with van der Waals surface area (Å²) in [7, 11) is 0. The minimum Gasteiger partial charge on any atom is -0.272 e. The minimum atomic E-state index is 0.627. The molecule has 4 heterocycles. The van der Waals surface area contributed by atoms with E-state index in [4.69, 9.17) is 9.97 Å². The fraction of sp³-hybridized carbons (Fsp3) is 0. The van der Waals surface area contributed by atoms with Crippen molar-refractivity contribution in [3.05, 3.63) is 146 Å². The van der Waals surface area contributed by atoms with Crippen molar-refractivity contribution in [1.29, 1.82) is 0 Å². The molecule has 0 unspecified atom stereocenters. The maximum Gasteiger partial charge on any atom is 0.187 e. The van der Waals surface area contributed by atoms with Gasteiger partial charge in [0.1, 0.15) is 11.4 Å². The predicted molar refractivity (Wildman–Crippen MR) is 162 cm³/mol. The number of hydrogen-bond acceptors (Lipinski definition) is 5. The van der Waals surface area contributed by atoms with Crippen LogP contribution in [0.25, 0.3) is 62.5 Å². The van der Waals surface area contributed by atoms with Crippen molar-refractivity contribution in [1.82, 2.24) is 29.7 Å². The van der Waals surface area contributed by atoms with Crippen LogP contribution in [0.3, 0.4) is 0 Å². The van der Waals surface area contributed by atoms with Crippen molar-refractivity contribution < 1.29 is 0 Å². The Labute approximate surface area is 237 Å². The number of rotatable bonds is 6. The Balaban J connectivity index is 1.34. The Hall–Kier alpha value is -5.75. The van der Waals surface area contributed by atoms with E-state index in [-0.39, 0.29) is 0 Å². The van der Waals surface area contributed by atoms with Gasteiger partial charge in [0.25, 0.3) is 0 Å². The van der Waals surface area contributed by atoms with E-state index in [0.717, 1.165) is 39.6 Å². The van der Waals surface area contributed by atoms with Crippen LogP contribution in [-0.2, 0) is 0 Å². The second kappa shape index (κ2) is 10.8. The lowest BCUT2D eigenvalue weighted by atomic mass is 10.0. The van der Waals surface area contributed by atoms with Gasteiger partial charge in [-0.25, -0.2) is 9.97 Å². The second-order valence-corrected chi connectivity index (χ2v) is 9.50. The molecule has 0 radical (unpaired) electrons. The summed E-state index contributed by atoms with van der Waals surface area (Å²) in [6.07, 6.45) is 1.77. The highest BCUT2D eigenvalue weighted by Gasteiger charge is 2.20. The fourth-order valence-electron chi connectivity index (χ4n) is 4.86. The summed E-state index contributed by atoms with van der Waals surface area (Å²) in [5, 5.41) is 9.26. The smallest absolute Gasteiger partial charge is 0.187 e. The lowest BCUT2D eigenvalue weighted by Crippen LogP contribution is -2.03. The summed E-state index contributed by atoms with van der Waals surface area (Å²) in [5.74, 6) is 1.26. The lowest BCUT2D eigenvalue weighted by Gasteiger charge is -2.12. The zero-order valence-electron chi connectivity index (χ0n) is 22.0. The molecule has 6 nitrogen and oxygen atoms in total. The molecule has 41 heavy (non-hydrogen) atoms. The summed E-state index contributed by atoms with van der Waals surface area (Å²) in [5.41, 5.74) is 8.11. The summed E-state index contributed by atoms with van der Waals surface area (Å²) in [4.78, 5) is 14.4. The van der Waals surface area contributed by atoms with Gasteiger partial charge in [0.15, 0.2) is 11.6 Å². The zero-order chi connectivity index (χ0) is 27.4. The van der Waals surface area contributed by atoms with E-state index in [1.54, 1.807) is 6.20 Å². The monoisotopic (exact) mass is 528 g/mol.